The summed E-state index contributed by atoms with van der Waals surface area (Å²) in [6.45, 7) is 4.46. The standard InChI is InChI=1S/C16H17F3N2O2/c1-2-14(22)21-9-12(10-21)15(23)20-8-7-11-3-5-13(6-4-11)16(17,18)19/h2-6,12H,1,7-10H2,(H,20,23). The Morgan fingerprint density at radius 2 is 1.87 bits per heavy atom. The average Bonchev–Trinajstić information content (AvgIpc) is 2.45. The number of amides is 2. The number of nitrogens with one attached hydrogen (secondary N) is 1. The smallest absolute Gasteiger partial charge is 0.355 e. The first-order valence-electron chi connectivity index (χ1n) is 7.16. The van der Waals surface area contributed by atoms with Gasteiger partial charge in [0.1, 0.15) is 0 Å². The van der Waals surface area contributed by atoms with Crippen molar-refractivity contribution in [2.45, 2.75) is 12.6 Å². The van der Waals surface area contributed by atoms with Gasteiger partial charge in [0.05, 0.1) is 11.5 Å². The molecule has 0 aliphatic carbocycles. The summed E-state index contributed by atoms with van der Waals surface area (Å²) in [5, 5.41) is 2.73. The van der Waals surface area contributed by atoms with E-state index in [1.54, 1.807) is 0 Å². The topological polar surface area (TPSA) is 49.4 Å². The molecule has 0 radical (unpaired) electrons. The summed E-state index contributed by atoms with van der Waals surface area (Å²) in [6, 6.07) is 4.87. The van der Waals surface area contributed by atoms with Gasteiger partial charge in [-0.1, -0.05) is 18.7 Å². The van der Waals surface area contributed by atoms with E-state index in [4.69, 9.17) is 0 Å². The van der Waals surface area contributed by atoms with Crippen LogP contribution in [-0.4, -0.2) is 36.3 Å². The van der Waals surface area contributed by atoms with E-state index in [0.29, 0.717) is 26.1 Å². The molecule has 7 heteroatoms. The molecule has 1 aliphatic rings. The van der Waals surface area contributed by atoms with Crippen molar-refractivity contribution >= 4 is 11.8 Å². The van der Waals surface area contributed by atoms with Gasteiger partial charge in [0.15, 0.2) is 0 Å². The number of carbonyl (C=O) groups is 2. The molecule has 0 unspecified atom stereocenters. The second-order valence-electron chi connectivity index (χ2n) is 5.38. The lowest BCUT2D eigenvalue weighted by molar-refractivity contribution is -0.139. The quantitative estimate of drug-likeness (QED) is 0.842. The van der Waals surface area contributed by atoms with E-state index in [1.165, 1.54) is 23.1 Å². The lowest BCUT2D eigenvalue weighted by Crippen LogP contribution is -2.55. The first-order chi connectivity index (χ1) is 10.8. The van der Waals surface area contributed by atoms with Gasteiger partial charge in [-0.15, -0.1) is 0 Å². The molecule has 1 fully saturated rings. The van der Waals surface area contributed by atoms with Gasteiger partial charge in [0, 0.05) is 19.6 Å². The van der Waals surface area contributed by atoms with Gasteiger partial charge in [-0.2, -0.15) is 13.2 Å². The minimum Gasteiger partial charge on any atom is -0.355 e. The number of hydrogen-bond donors (Lipinski definition) is 1. The number of carbonyl (C=O) groups excluding carboxylic acids is 2. The molecule has 1 saturated heterocycles. The fourth-order valence-electron chi connectivity index (χ4n) is 2.29. The maximum absolute atomic E-state index is 12.4. The van der Waals surface area contributed by atoms with Crippen LogP contribution >= 0.6 is 0 Å². The largest absolute Gasteiger partial charge is 0.416 e. The average molecular weight is 326 g/mol. The highest BCUT2D eigenvalue weighted by Gasteiger charge is 2.34. The number of alkyl halides is 3. The van der Waals surface area contributed by atoms with Crippen molar-refractivity contribution in [3.8, 4) is 0 Å². The van der Waals surface area contributed by atoms with Crippen LogP contribution in [-0.2, 0) is 22.2 Å². The summed E-state index contributed by atoms with van der Waals surface area (Å²) >= 11 is 0. The first-order valence-corrected chi connectivity index (χ1v) is 7.16. The Kier molecular flexibility index (Phi) is 5.08. The number of rotatable bonds is 5. The summed E-state index contributed by atoms with van der Waals surface area (Å²) in [5.41, 5.74) is 0.0297. The Bertz CT molecular complexity index is 590. The zero-order valence-electron chi connectivity index (χ0n) is 12.4. The fourth-order valence-corrected chi connectivity index (χ4v) is 2.29. The third-order valence-corrected chi connectivity index (χ3v) is 3.73. The highest BCUT2D eigenvalue weighted by molar-refractivity contribution is 5.90. The Balaban J connectivity index is 1.72. The van der Waals surface area contributed by atoms with Crippen molar-refractivity contribution in [3.63, 3.8) is 0 Å². The van der Waals surface area contributed by atoms with Gasteiger partial charge in [-0.25, -0.2) is 0 Å². The van der Waals surface area contributed by atoms with Crippen LogP contribution in [0.3, 0.4) is 0 Å². The number of nitrogens with zero attached hydrogens (tertiary/aromatic N) is 1. The van der Waals surface area contributed by atoms with Crippen molar-refractivity contribution in [2.24, 2.45) is 5.92 Å². The molecule has 2 amide bonds. The van der Waals surface area contributed by atoms with Gasteiger partial charge >= 0.3 is 6.18 Å². The molecule has 124 valence electrons. The Hall–Kier alpha value is -2.31. The summed E-state index contributed by atoms with van der Waals surface area (Å²) in [4.78, 5) is 24.6. The van der Waals surface area contributed by atoms with E-state index in [-0.39, 0.29) is 17.7 Å². The van der Waals surface area contributed by atoms with Crippen LogP contribution < -0.4 is 5.32 Å². The maximum Gasteiger partial charge on any atom is 0.416 e. The minimum absolute atomic E-state index is 0.148. The highest BCUT2D eigenvalue weighted by Crippen LogP contribution is 2.29. The number of halogens is 3. The van der Waals surface area contributed by atoms with Gasteiger partial charge in [-0.3, -0.25) is 9.59 Å². The molecule has 0 saturated carbocycles. The molecular weight excluding hydrogens is 309 g/mol. The normalized spacial score (nSPS) is 15.0. The minimum atomic E-state index is -4.34. The number of hydrogen-bond acceptors (Lipinski definition) is 2. The Morgan fingerprint density at radius 3 is 2.39 bits per heavy atom. The van der Waals surface area contributed by atoms with Crippen LogP contribution in [0.4, 0.5) is 13.2 Å². The number of benzene rings is 1. The van der Waals surface area contributed by atoms with E-state index in [1.807, 2.05) is 0 Å². The van der Waals surface area contributed by atoms with Crippen molar-refractivity contribution < 1.29 is 22.8 Å². The molecule has 0 atom stereocenters. The second kappa shape index (κ2) is 6.85. The molecule has 1 aromatic carbocycles. The summed E-state index contributed by atoms with van der Waals surface area (Å²) in [7, 11) is 0. The van der Waals surface area contributed by atoms with Crippen LogP contribution in [0.5, 0.6) is 0 Å². The van der Waals surface area contributed by atoms with Crippen LogP contribution in [0.2, 0.25) is 0 Å². The van der Waals surface area contributed by atoms with Gasteiger partial charge < -0.3 is 10.2 Å². The van der Waals surface area contributed by atoms with Crippen LogP contribution in [0.1, 0.15) is 11.1 Å². The molecule has 1 aliphatic heterocycles. The number of likely N-dealkylation sites (tertiary alicyclic amines) is 1. The van der Waals surface area contributed by atoms with E-state index in [0.717, 1.165) is 17.7 Å². The van der Waals surface area contributed by atoms with E-state index >= 15 is 0 Å². The first kappa shape index (κ1) is 17.1. The van der Waals surface area contributed by atoms with Crippen molar-refractivity contribution in [1.82, 2.24) is 10.2 Å². The van der Waals surface area contributed by atoms with Gasteiger partial charge in [0.25, 0.3) is 0 Å². The summed E-state index contributed by atoms with van der Waals surface area (Å²) < 4.78 is 37.3. The molecule has 0 bridgehead atoms. The predicted octanol–water partition coefficient (Wildman–Crippen LogP) is 2.01. The van der Waals surface area contributed by atoms with Crippen LogP contribution in [0.25, 0.3) is 0 Å². The third-order valence-electron chi connectivity index (χ3n) is 3.73. The van der Waals surface area contributed by atoms with Crippen LogP contribution in [0.15, 0.2) is 36.9 Å². The highest BCUT2D eigenvalue weighted by atomic mass is 19.4. The zero-order chi connectivity index (χ0) is 17.0. The molecule has 0 aromatic heterocycles. The molecule has 2 rings (SSSR count). The zero-order valence-corrected chi connectivity index (χ0v) is 12.4. The molecule has 4 nitrogen and oxygen atoms in total. The monoisotopic (exact) mass is 326 g/mol. The Morgan fingerprint density at radius 1 is 1.26 bits per heavy atom. The predicted molar refractivity (Wildman–Crippen MR) is 78.4 cm³/mol. The SMILES string of the molecule is C=CC(=O)N1CC(C(=O)NCCc2ccc(C(F)(F)F)cc2)C1. The van der Waals surface area contributed by atoms with E-state index in [9.17, 15) is 22.8 Å². The third kappa shape index (κ3) is 4.34. The molecular formula is C16H17F3N2O2. The lowest BCUT2D eigenvalue weighted by atomic mass is 9.99. The van der Waals surface area contributed by atoms with Gasteiger partial charge in [-0.05, 0) is 30.2 Å². The molecule has 1 heterocycles. The van der Waals surface area contributed by atoms with Crippen molar-refractivity contribution in [2.75, 3.05) is 19.6 Å². The summed E-state index contributed by atoms with van der Waals surface area (Å²) in [5.74, 6) is -0.574. The fraction of sp³-hybridized carbons (Fsp3) is 0.375. The van der Waals surface area contributed by atoms with Crippen molar-refractivity contribution in [3.05, 3.63) is 48.0 Å². The molecule has 1 N–H and O–H groups in total. The molecule has 1 aromatic rings. The van der Waals surface area contributed by atoms with Crippen molar-refractivity contribution in [1.29, 1.82) is 0 Å². The molecule has 0 spiro atoms. The van der Waals surface area contributed by atoms with E-state index < -0.39 is 11.7 Å². The maximum atomic E-state index is 12.4. The Labute approximate surface area is 132 Å². The van der Waals surface area contributed by atoms with Gasteiger partial charge in [0.2, 0.25) is 11.8 Å². The molecule has 23 heavy (non-hydrogen) atoms. The van der Waals surface area contributed by atoms with Crippen LogP contribution in [0, 0.1) is 5.92 Å². The second-order valence-corrected chi connectivity index (χ2v) is 5.38. The summed E-state index contributed by atoms with van der Waals surface area (Å²) in [6.07, 6.45) is -2.68. The lowest BCUT2D eigenvalue weighted by Gasteiger charge is -2.37. The van der Waals surface area contributed by atoms with E-state index in [2.05, 4.69) is 11.9 Å².